The van der Waals surface area contributed by atoms with E-state index in [-0.39, 0.29) is 5.91 Å². The van der Waals surface area contributed by atoms with Crippen molar-refractivity contribution in [2.24, 2.45) is 0 Å². The summed E-state index contributed by atoms with van der Waals surface area (Å²) in [4.78, 5) is 11.7. The van der Waals surface area contributed by atoms with Crippen molar-refractivity contribution in [2.45, 2.75) is 5.75 Å². The lowest BCUT2D eigenvalue weighted by molar-refractivity contribution is -0.118. The first-order valence-electron chi connectivity index (χ1n) is 7.01. The summed E-state index contributed by atoms with van der Waals surface area (Å²) in [5, 5.41) is 3.56. The van der Waals surface area contributed by atoms with Crippen molar-refractivity contribution >= 4 is 29.3 Å². The summed E-state index contributed by atoms with van der Waals surface area (Å²) in [6.07, 6.45) is 0. The molecule has 5 heteroatoms. The van der Waals surface area contributed by atoms with Crippen LogP contribution >= 0.6 is 23.4 Å². The number of ether oxygens (including phenoxy) is 1. The van der Waals surface area contributed by atoms with E-state index in [1.165, 1.54) is 0 Å². The van der Waals surface area contributed by atoms with Crippen LogP contribution in [-0.2, 0) is 10.5 Å². The van der Waals surface area contributed by atoms with Crippen molar-refractivity contribution in [2.75, 3.05) is 18.9 Å². The van der Waals surface area contributed by atoms with E-state index in [2.05, 4.69) is 5.32 Å². The number of halogens is 1. The molecule has 2 rings (SSSR count). The second-order valence-corrected chi connectivity index (χ2v) is 6.06. The molecule has 0 bridgehead atoms. The third-order valence-electron chi connectivity index (χ3n) is 2.83. The molecule has 116 valence electrons. The van der Waals surface area contributed by atoms with E-state index in [4.69, 9.17) is 16.3 Å². The van der Waals surface area contributed by atoms with Gasteiger partial charge in [-0.05, 0) is 29.8 Å². The van der Waals surface area contributed by atoms with Crippen LogP contribution in [0.2, 0.25) is 5.02 Å². The molecule has 3 nitrogen and oxygen atoms in total. The first-order chi connectivity index (χ1) is 10.7. The van der Waals surface area contributed by atoms with Crippen molar-refractivity contribution in [1.82, 2.24) is 5.32 Å². The topological polar surface area (TPSA) is 38.3 Å². The summed E-state index contributed by atoms with van der Waals surface area (Å²) in [5.74, 6) is 2.03. The molecule has 0 atom stereocenters. The third-order valence-corrected chi connectivity index (χ3v) is 4.07. The van der Waals surface area contributed by atoms with Gasteiger partial charge < -0.3 is 10.1 Å². The normalized spacial score (nSPS) is 10.2. The highest BCUT2D eigenvalue weighted by Crippen LogP contribution is 2.16. The van der Waals surface area contributed by atoms with E-state index in [0.717, 1.165) is 22.1 Å². The summed E-state index contributed by atoms with van der Waals surface area (Å²) < 4.78 is 5.51. The van der Waals surface area contributed by atoms with E-state index < -0.39 is 0 Å². The zero-order chi connectivity index (χ0) is 15.6. The molecule has 0 spiro atoms. The number of carbonyl (C=O) groups excluding carboxylic acids is 1. The largest absolute Gasteiger partial charge is 0.492 e. The summed E-state index contributed by atoms with van der Waals surface area (Å²) >= 11 is 7.48. The van der Waals surface area contributed by atoms with Crippen LogP contribution in [0.1, 0.15) is 5.56 Å². The number of hydrogen-bond acceptors (Lipinski definition) is 3. The number of rotatable bonds is 8. The average Bonchev–Trinajstić information content (AvgIpc) is 2.53. The molecule has 0 unspecified atom stereocenters. The molecule has 0 fully saturated rings. The Bertz CT molecular complexity index is 592. The lowest BCUT2D eigenvalue weighted by atomic mass is 10.2. The van der Waals surface area contributed by atoms with Gasteiger partial charge in [0.05, 0.1) is 12.3 Å². The van der Waals surface area contributed by atoms with Gasteiger partial charge in [-0.25, -0.2) is 0 Å². The van der Waals surface area contributed by atoms with Crippen molar-refractivity contribution < 1.29 is 9.53 Å². The maximum absolute atomic E-state index is 11.7. The highest BCUT2D eigenvalue weighted by Gasteiger charge is 2.02. The molecule has 1 amide bonds. The minimum atomic E-state index is 0.0173. The molecular weight excluding hydrogens is 318 g/mol. The van der Waals surface area contributed by atoms with Crippen LogP contribution in [0.25, 0.3) is 0 Å². The predicted molar refractivity (Wildman–Crippen MR) is 92.6 cm³/mol. The standard InChI is InChI=1S/C17H18ClNO2S/c18-15-6-4-5-14(11-15)12-22-13-17(20)19-9-10-21-16-7-2-1-3-8-16/h1-8,11H,9-10,12-13H2,(H,19,20). The molecule has 0 radical (unpaired) electrons. The number of thioether (sulfide) groups is 1. The second kappa shape index (κ2) is 9.38. The van der Waals surface area contributed by atoms with Gasteiger partial charge in [0, 0.05) is 10.8 Å². The lowest BCUT2D eigenvalue weighted by Gasteiger charge is -2.07. The SMILES string of the molecule is O=C(CSCc1cccc(Cl)c1)NCCOc1ccccc1. The summed E-state index contributed by atoms with van der Waals surface area (Å²) in [5.41, 5.74) is 1.12. The Kier molecular flexibility index (Phi) is 7.13. The Morgan fingerprint density at radius 1 is 1.14 bits per heavy atom. The van der Waals surface area contributed by atoms with Crippen molar-refractivity contribution in [1.29, 1.82) is 0 Å². The van der Waals surface area contributed by atoms with Crippen molar-refractivity contribution in [3.05, 3.63) is 65.2 Å². The van der Waals surface area contributed by atoms with Crippen molar-refractivity contribution in [3.63, 3.8) is 0 Å². The highest BCUT2D eigenvalue weighted by atomic mass is 35.5. The molecule has 0 aliphatic rings. The Morgan fingerprint density at radius 3 is 2.73 bits per heavy atom. The Hall–Kier alpha value is -1.65. The third kappa shape index (κ3) is 6.41. The average molecular weight is 336 g/mol. The van der Waals surface area contributed by atoms with E-state index in [0.29, 0.717) is 18.9 Å². The minimum absolute atomic E-state index is 0.0173. The summed E-state index contributed by atoms with van der Waals surface area (Å²) in [6.45, 7) is 0.972. The molecule has 0 aliphatic heterocycles. The second-order valence-electron chi connectivity index (χ2n) is 4.63. The zero-order valence-electron chi connectivity index (χ0n) is 12.1. The van der Waals surface area contributed by atoms with Crippen LogP contribution in [-0.4, -0.2) is 24.8 Å². The number of benzene rings is 2. The van der Waals surface area contributed by atoms with Gasteiger partial charge in [0.1, 0.15) is 12.4 Å². The van der Waals surface area contributed by atoms with Crippen LogP contribution in [0.5, 0.6) is 5.75 Å². The lowest BCUT2D eigenvalue weighted by Crippen LogP contribution is -2.29. The first-order valence-corrected chi connectivity index (χ1v) is 8.54. The fourth-order valence-corrected chi connectivity index (χ4v) is 2.83. The fourth-order valence-electron chi connectivity index (χ4n) is 1.82. The van der Waals surface area contributed by atoms with Crippen LogP contribution in [0.4, 0.5) is 0 Å². The summed E-state index contributed by atoms with van der Waals surface area (Å²) in [7, 11) is 0. The van der Waals surface area contributed by atoms with Crippen LogP contribution < -0.4 is 10.1 Å². The van der Waals surface area contributed by atoms with Crippen LogP contribution in [0.3, 0.4) is 0 Å². The molecule has 0 saturated carbocycles. The van der Waals surface area contributed by atoms with E-state index in [1.807, 2.05) is 54.6 Å². The number of carbonyl (C=O) groups is 1. The minimum Gasteiger partial charge on any atom is -0.492 e. The molecule has 0 saturated heterocycles. The maximum Gasteiger partial charge on any atom is 0.230 e. The van der Waals surface area contributed by atoms with E-state index in [9.17, 15) is 4.79 Å². The van der Waals surface area contributed by atoms with Crippen molar-refractivity contribution in [3.8, 4) is 5.75 Å². The fraction of sp³-hybridized carbons (Fsp3) is 0.235. The molecule has 0 aliphatic carbocycles. The van der Waals surface area contributed by atoms with Gasteiger partial charge in [0.15, 0.2) is 0 Å². The van der Waals surface area contributed by atoms with Gasteiger partial charge in [-0.2, -0.15) is 0 Å². The molecular formula is C17H18ClNO2S. The molecule has 2 aromatic rings. The van der Waals surface area contributed by atoms with Crippen LogP contribution in [0.15, 0.2) is 54.6 Å². The zero-order valence-corrected chi connectivity index (χ0v) is 13.7. The van der Waals surface area contributed by atoms with Gasteiger partial charge in [-0.15, -0.1) is 11.8 Å². The number of para-hydroxylation sites is 1. The maximum atomic E-state index is 11.7. The quantitative estimate of drug-likeness (QED) is 0.746. The molecule has 0 aromatic heterocycles. The Balaban J connectivity index is 1.56. The number of nitrogens with one attached hydrogen (secondary N) is 1. The van der Waals surface area contributed by atoms with E-state index in [1.54, 1.807) is 11.8 Å². The van der Waals surface area contributed by atoms with Crippen LogP contribution in [0, 0.1) is 0 Å². The monoisotopic (exact) mass is 335 g/mol. The first kappa shape index (κ1) is 16.7. The van der Waals surface area contributed by atoms with E-state index >= 15 is 0 Å². The summed E-state index contributed by atoms with van der Waals surface area (Å²) in [6, 6.07) is 17.2. The number of hydrogen-bond donors (Lipinski definition) is 1. The molecule has 0 heterocycles. The van der Waals surface area contributed by atoms with Gasteiger partial charge >= 0.3 is 0 Å². The smallest absolute Gasteiger partial charge is 0.230 e. The Morgan fingerprint density at radius 2 is 1.95 bits per heavy atom. The molecule has 1 N–H and O–H groups in total. The molecule has 2 aromatic carbocycles. The predicted octanol–water partition coefficient (Wildman–Crippen LogP) is 3.77. The molecule has 22 heavy (non-hydrogen) atoms. The van der Waals surface area contributed by atoms with Gasteiger partial charge in [0.2, 0.25) is 5.91 Å². The van der Waals surface area contributed by atoms with Gasteiger partial charge in [0.25, 0.3) is 0 Å². The van der Waals surface area contributed by atoms with Gasteiger partial charge in [-0.3, -0.25) is 4.79 Å². The van der Waals surface area contributed by atoms with Gasteiger partial charge in [-0.1, -0.05) is 41.9 Å². The highest BCUT2D eigenvalue weighted by molar-refractivity contribution is 7.99. The Labute approximate surface area is 140 Å². The number of amides is 1.